The number of carbonyl (C=O) groups is 2. The summed E-state index contributed by atoms with van der Waals surface area (Å²) >= 11 is 0. The third-order valence-electron chi connectivity index (χ3n) is 2.04. The smallest absolute Gasteiger partial charge is 0.348 e. The van der Waals surface area contributed by atoms with Crippen molar-refractivity contribution >= 4 is 11.9 Å². The maximum Gasteiger partial charge on any atom is 0.348 e. The third-order valence-corrected chi connectivity index (χ3v) is 2.04. The molecule has 1 heterocycles. The summed E-state index contributed by atoms with van der Waals surface area (Å²) in [6, 6.07) is 7.63. The molecular weight excluding hydrogens is 250 g/mol. The number of para-hydroxylation sites is 1. The van der Waals surface area contributed by atoms with Gasteiger partial charge in [0, 0.05) is 13.0 Å². The fourth-order valence-electron chi connectivity index (χ4n) is 1.31. The molecule has 0 aliphatic rings. The van der Waals surface area contributed by atoms with E-state index in [-0.39, 0.29) is 17.2 Å². The number of benzene rings is 1. The predicted molar refractivity (Wildman–Crippen MR) is 62.5 cm³/mol. The van der Waals surface area contributed by atoms with Crippen LogP contribution in [-0.4, -0.2) is 27.3 Å². The Morgan fingerprint density at radius 3 is 2.58 bits per heavy atom. The minimum atomic E-state index is -0.697. The van der Waals surface area contributed by atoms with Gasteiger partial charge in [0.05, 0.1) is 6.20 Å². The maximum atomic E-state index is 11.9. The Morgan fingerprint density at radius 1 is 1.11 bits per heavy atom. The molecule has 0 bridgehead atoms. The van der Waals surface area contributed by atoms with Crippen molar-refractivity contribution in [2.24, 2.45) is 0 Å². The summed E-state index contributed by atoms with van der Waals surface area (Å²) in [6.07, 6.45) is 1.34. The molecule has 2 aromatic rings. The van der Waals surface area contributed by atoms with Crippen LogP contribution >= 0.6 is 0 Å². The van der Waals surface area contributed by atoms with E-state index in [9.17, 15) is 9.59 Å². The minimum absolute atomic E-state index is 0.0117. The average molecular weight is 259 g/mol. The van der Waals surface area contributed by atoms with E-state index in [1.165, 1.54) is 31.3 Å². The van der Waals surface area contributed by atoms with Crippen LogP contribution in [0.3, 0.4) is 0 Å². The summed E-state index contributed by atoms with van der Waals surface area (Å²) < 4.78 is 9.89. The van der Waals surface area contributed by atoms with Crippen molar-refractivity contribution in [1.29, 1.82) is 0 Å². The second kappa shape index (κ2) is 5.67. The highest BCUT2D eigenvalue weighted by atomic mass is 16.6. The lowest BCUT2D eigenvalue weighted by Gasteiger charge is -2.07. The van der Waals surface area contributed by atoms with Crippen LogP contribution in [0.4, 0.5) is 0 Å². The monoisotopic (exact) mass is 259 g/mol. The lowest BCUT2D eigenvalue weighted by molar-refractivity contribution is -0.131. The van der Waals surface area contributed by atoms with Gasteiger partial charge in [-0.1, -0.05) is 17.2 Å². The molecule has 0 spiro atoms. The van der Waals surface area contributed by atoms with Crippen molar-refractivity contribution in [2.75, 3.05) is 0 Å². The molecule has 7 heteroatoms. The molecule has 1 aromatic carbocycles. The summed E-state index contributed by atoms with van der Waals surface area (Å²) in [6.45, 7) is 1.25. The van der Waals surface area contributed by atoms with Gasteiger partial charge >= 0.3 is 11.9 Å². The highest BCUT2D eigenvalue weighted by Crippen LogP contribution is 2.19. The molecule has 0 N–H and O–H groups in total. The van der Waals surface area contributed by atoms with Crippen molar-refractivity contribution in [2.45, 2.75) is 6.92 Å². The highest BCUT2D eigenvalue weighted by Gasteiger charge is 2.16. The summed E-state index contributed by atoms with van der Waals surface area (Å²) in [5.74, 6) is -1.08. The summed E-state index contributed by atoms with van der Waals surface area (Å²) in [7, 11) is 0. The lowest BCUT2D eigenvalue weighted by atomic mass is 10.2. The Hall–Kier alpha value is -2.83. The van der Waals surface area contributed by atoms with Gasteiger partial charge in [-0.25, -0.2) is 4.79 Å². The first-order valence-corrected chi connectivity index (χ1v) is 5.31. The number of rotatable bonds is 3. The molecule has 0 atom stereocenters. The third kappa shape index (κ3) is 3.32. The number of esters is 2. The number of carbonyl (C=O) groups excluding carboxylic acids is 2. The SMILES string of the molecule is CC(=O)Oc1ccccc1C(=O)Oc1ccnnn1. The van der Waals surface area contributed by atoms with Gasteiger partial charge in [-0.15, -0.1) is 5.10 Å². The zero-order valence-electron chi connectivity index (χ0n) is 9.94. The van der Waals surface area contributed by atoms with Crippen molar-refractivity contribution in [3.63, 3.8) is 0 Å². The van der Waals surface area contributed by atoms with Crippen molar-refractivity contribution in [3.8, 4) is 11.6 Å². The zero-order valence-corrected chi connectivity index (χ0v) is 9.94. The van der Waals surface area contributed by atoms with Crippen LogP contribution in [0.25, 0.3) is 0 Å². The second-order valence-corrected chi connectivity index (χ2v) is 3.44. The van der Waals surface area contributed by atoms with Gasteiger partial charge in [0.25, 0.3) is 0 Å². The van der Waals surface area contributed by atoms with Gasteiger partial charge < -0.3 is 9.47 Å². The summed E-state index contributed by atoms with van der Waals surface area (Å²) in [5, 5.41) is 10.3. The molecule has 0 amide bonds. The number of nitrogens with zero attached hydrogens (tertiary/aromatic N) is 3. The Morgan fingerprint density at radius 2 is 1.89 bits per heavy atom. The van der Waals surface area contributed by atoms with E-state index >= 15 is 0 Å². The van der Waals surface area contributed by atoms with E-state index in [4.69, 9.17) is 9.47 Å². The molecular formula is C12H9N3O4. The molecule has 2 rings (SSSR count). The molecule has 0 radical (unpaired) electrons. The van der Waals surface area contributed by atoms with Gasteiger partial charge in [0.2, 0.25) is 5.88 Å². The molecule has 0 aliphatic heterocycles. The van der Waals surface area contributed by atoms with E-state index < -0.39 is 11.9 Å². The molecule has 0 aliphatic carbocycles. The first-order valence-electron chi connectivity index (χ1n) is 5.31. The Kier molecular flexibility index (Phi) is 3.77. The summed E-state index contributed by atoms with van der Waals surface area (Å²) in [4.78, 5) is 22.9. The summed E-state index contributed by atoms with van der Waals surface area (Å²) in [5.41, 5.74) is 0.122. The van der Waals surface area contributed by atoms with Crippen LogP contribution in [0.15, 0.2) is 36.5 Å². The Bertz CT molecular complexity index is 601. The van der Waals surface area contributed by atoms with Gasteiger partial charge in [0.15, 0.2) is 0 Å². The average Bonchev–Trinajstić information content (AvgIpc) is 2.39. The first-order chi connectivity index (χ1) is 9.16. The molecule has 0 fully saturated rings. The molecule has 7 nitrogen and oxygen atoms in total. The molecule has 0 saturated heterocycles. The van der Waals surface area contributed by atoms with Crippen LogP contribution in [0.5, 0.6) is 11.6 Å². The fourth-order valence-corrected chi connectivity index (χ4v) is 1.31. The largest absolute Gasteiger partial charge is 0.426 e. The van der Waals surface area contributed by atoms with E-state index in [1.54, 1.807) is 12.1 Å². The quantitative estimate of drug-likeness (QED) is 0.600. The van der Waals surface area contributed by atoms with Crippen molar-refractivity contribution in [1.82, 2.24) is 15.4 Å². The maximum absolute atomic E-state index is 11.9. The van der Waals surface area contributed by atoms with E-state index in [2.05, 4.69) is 15.4 Å². The topological polar surface area (TPSA) is 91.3 Å². The van der Waals surface area contributed by atoms with Crippen LogP contribution in [0.2, 0.25) is 0 Å². The number of ether oxygens (including phenoxy) is 2. The minimum Gasteiger partial charge on any atom is -0.426 e. The standard InChI is InChI=1S/C12H9N3O4/c1-8(16)18-10-5-3-2-4-9(10)12(17)19-11-6-7-13-15-14-11/h2-7H,1H3. The second-order valence-electron chi connectivity index (χ2n) is 3.44. The molecule has 96 valence electrons. The van der Waals surface area contributed by atoms with Crippen molar-refractivity contribution in [3.05, 3.63) is 42.1 Å². The Labute approximate surface area is 108 Å². The van der Waals surface area contributed by atoms with Gasteiger partial charge in [-0.05, 0) is 17.3 Å². The van der Waals surface area contributed by atoms with Gasteiger partial charge in [-0.3, -0.25) is 4.79 Å². The van der Waals surface area contributed by atoms with E-state index in [0.29, 0.717) is 0 Å². The van der Waals surface area contributed by atoms with Gasteiger partial charge in [-0.2, -0.15) is 0 Å². The number of aromatic nitrogens is 3. The Balaban J connectivity index is 2.21. The number of hydrogen-bond acceptors (Lipinski definition) is 7. The van der Waals surface area contributed by atoms with Crippen LogP contribution in [0.1, 0.15) is 17.3 Å². The van der Waals surface area contributed by atoms with Crippen LogP contribution < -0.4 is 9.47 Å². The van der Waals surface area contributed by atoms with E-state index in [0.717, 1.165) is 0 Å². The molecule has 19 heavy (non-hydrogen) atoms. The van der Waals surface area contributed by atoms with Crippen LogP contribution in [0, 0.1) is 0 Å². The normalized spacial score (nSPS) is 9.74. The fraction of sp³-hybridized carbons (Fsp3) is 0.0833. The van der Waals surface area contributed by atoms with Crippen molar-refractivity contribution < 1.29 is 19.1 Å². The first kappa shape index (κ1) is 12.6. The molecule has 0 unspecified atom stereocenters. The van der Waals surface area contributed by atoms with Gasteiger partial charge in [0.1, 0.15) is 11.3 Å². The molecule has 0 saturated carbocycles. The highest BCUT2D eigenvalue weighted by molar-refractivity contribution is 5.94. The lowest BCUT2D eigenvalue weighted by Crippen LogP contribution is -2.13. The van der Waals surface area contributed by atoms with Crippen LogP contribution in [-0.2, 0) is 4.79 Å². The predicted octanol–water partition coefficient (Wildman–Crippen LogP) is 1.02. The number of hydrogen-bond donors (Lipinski definition) is 0. The zero-order chi connectivity index (χ0) is 13.7. The van der Waals surface area contributed by atoms with E-state index in [1.807, 2.05) is 0 Å². The molecule has 1 aromatic heterocycles.